The Hall–Kier alpha value is -1.62. The third-order valence-electron chi connectivity index (χ3n) is 2.24. The normalized spacial score (nSPS) is 10.4. The van der Waals surface area contributed by atoms with Gasteiger partial charge in [0, 0.05) is 18.6 Å². The Bertz CT molecular complexity index is 522. The van der Waals surface area contributed by atoms with Crippen LogP contribution in [0.1, 0.15) is 17.3 Å². The number of carbonyl (C=O) groups excluding carboxylic acids is 1. The number of ether oxygens (including phenoxy) is 1. The fourth-order valence-electron chi connectivity index (χ4n) is 1.56. The molecule has 0 amide bonds. The second-order valence-electron chi connectivity index (χ2n) is 3.16. The summed E-state index contributed by atoms with van der Waals surface area (Å²) in [4.78, 5) is 16.8. The smallest absolute Gasteiger partial charge is 0.341 e. The van der Waals surface area contributed by atoms with E-state index in [1.54, 1.807) is 31.5 Å². The molecule has 0 aliphatic rings. The molecule has 0 spiro atoms. The number of aromatic nitrogens is 1. The molecular weight excluding hydrogens is 224 g/mol. The lowest BCUT2D eigenvalue weighted by Gasteiger charge is -2.08. The average molecular weight is 236 g/mol. The van der Waals surface area contributed by atoms with E-state index in [2.05, 4.69) is 10.3 Å². The Morgan fingerprint density at radius 1 is 1.62 bits per heavy atom. The third kappa shape index (κ3) is 1.74. The Morgan fingerprint density at radius 2 is 2.44 bits per heavy atom. The van der Waals surface area contributed by atoms with Crippen molar-refractivity contribution >= 4 is 33.2 Å². The molecule has 0 radical (unpaired) electrons. The number of rotatable bonds is 3. The van der Waals surface area contributed by atoms with Crippen LogP contribution in [0.5, 0.6) is 0 Å². The highest BCUT2D eigenvalue weighted by atomic mass is 32.1. The number of fused-ring (bicyclic) bond motifs is 1. The number of esters is 1. The van der Waals surface area contributed by atoms with Crippen molar-refractivity contribution in [2.45, 2.75) is 6.92 Å². The minimum atomic E-state index is -0.340. The quantitative estimate of drug-likeness (QED) is 0.832. The lowest BCUT2D eigenvalue weighted by molar-refractivity contribution is 0.0527. The molecule has 5 heteroatoms. The van der Waals surface area contributed by atoms with Gasteiger partial charge in [0.15, 0.2) is 0 Å². The van der Waals surface area contributed by atoms with Crippen LogP contribution in [0.3, 0.4) is 0 Å². The monoisotopic (exact) mass is 236 g/mol. The van der Waals surface area contributed by atoms with Gasteiger partial charge in [0.25, 0.3) is 0 Å². The summed E-state index contributed by atoms with van der Waals surface area (Å²) < 4.78 is 4.98. The Morgan fingerprint density at radius 3 is 3.12 bits per heavy atom. The lowest BCUT2D eigenvalue weighted by Crippen LogP contribution is -2.08. The summed E-state index contributed by atoms with van der Waals surface area (Å²) in [5.41, 5.74) is 1.26. The largest absolute Gasteiger partial charge is 0.462 e. The van der Waals surface area contributed by atoms with Crippen LogP contribution < -0.4 is 5.32 Å². The molecule has 16 heavy (non-hydrogen) atoms. The van der Waals surface area contributed by atoms with E-state index in [9.17, 15) is 4.79 Å². The highest BCUT2D eigenvalue weighted by Gasteiger charge is 2.15. The number of pyridine rings is 1. The van der Waals surface area contributed by atoms with Crippen LogP contribution in [-0.2, 0) is 4.74 Å². The summed E-state index contributed by atoms with van der Waals surface area (Å²) in [6.45, 7) is 2.15. The number of thiophene rings is 1. The number of nitrogens with zero attached hydrogens (tertiary/aromatic N) is 1. The Balaban J connectivity index is 2.56. The van der Waals surface area contributed by atoms with Crippen molar-refractivity contribution in [1.82, 2.24) is 4.98 Å². The molecule has 84 valence electrons. The van der Waals surface area contributed by atoms with Gasteiger partial charge in [-0.05, 0) is 18.4 Å². The number of anilines is 1. The van der Waals surface area contributed by atoms with Crippen molar-refractivity contribution in [1.29, 1.82) is 0 Å². The second-order valence-corrected chi connectivity index (χ2v) is 4.05. The van der Waals surface area contributed by atoms with Gasteiger partial charge in [-0.25, -0.2) is 9.78 Å². The molecule has 0 aliphatic heterocycles. The predicted molar refractivity (Wildman–Crippen MR) is 65.1 cm³/mol. The van der Waals surface area contributed by atoms with Crippen molar-refractivity contribution in [3.05, 3.63) is 23.2 Å². The van der Waals surface area contributed by atoms with Crippen LogP contribution in [-0.4, -0.2) is 24.6 Å². The van der Waals surface area contributed by atoms with Gasteiger partial charge in [0.1, 0.15) is 10.4 Å². The zero-order valence-electron chi connectivity index (χ0n) is 9.11. The van der Waals surface area contributed by atoms with E-state index in [0.717, 1.165) is 15.9 Å². The molecule has 0 saturated carbocycles. The molecule has 2 aromatic heterocycles. The molecule has 2 heterocycles. The summed E-state index contributed by atoms with van der Waals surface area (Å²) >= 11 is 1.55. The molecular formula is C11H12N2O2S. The fraction of sp³-hybridized carbons (Fsp3) is 0.273. The highest BCUT2D eigenvalue weighted by Crippen LogP contribution is 2.29. The fourth-order valence-corrected chi connectivity index (χ4v) is 2.30. The number of hydrogen-bond acceptors (Lipinski definition) is 5. The van der Waals surface area contributed by atoms with E-state index in [-0.39, 0.29) is 5.97 Å². The molecule has 0 saturated heterocycles. The minimum absolute atomic E-state index is 0.340. The van der Waals surface area contributed by atoms with Crippen molar-refractivity contribution in [3.63, 3.8) is 0 Å². The summed E-state index contributed by atoms with van der Waals surface area (Å²) in [7, 11) is 1.79. The van der Waals surface area contributed by atoms with Crippen LogP contribution in [0.25, 0.3) is 10.2 Å². The molecule has 0 bridgehead atoms. The van der Waals surface area contributed by atoms with E-state index in [0.29, 0.717) is 12.2 Å². The van der Waals surface area contributed by atoms with Gasteiger partial charge in [-0.15, -0.1) is 11.3 Å². The lowest BCUT2D eigenvalue weighted by atomic mass is 10.2. The second kappa shape index (κ2) is 4.49. The van der Waals surface area contributed by atoms with E-state index < -0.39 is 0 Å². The van der Waals surface area contributed by atoms with Crippen LogP contribution >= 0.6 is 11.3 Å². The van der Waals surface area contributed by atoms with Crippen molar-refractivity contribution in [3.8, 4) is 0 Å². The number of carbonyl (C=O) groups is 1. The first kappa shape index (κ1) is 10.9. The Kier molecular flexibility index (Phi) is 3.05. The third-order valence-corrected chi connectivity index (χ3v) is 3.06. The molecule has 0 atom stereocenters. The van der Waals surface area contributed by atoms with Crippen LogP contribution in [0.15, 0.2) is 17.6 Å². The summed E-state index contributed by atoms with van der Waals surface area (Å²) in [6.07, 6.45) is 1.56. The van der Waals surface area contributed by atoms with Gasteiger partial charge in [-0.2, -0.15) is 0 Å². The average Bonchev–Trinajstić information content (AvgIpc) is 2.75. The maximum Gasteiger partial charge on any atom is 0.341 e. The number of nitrogens with one attached hydrogen (secondary N) is 1. The molecule has 2 rings (SSSR count). The zero-order chi connectivity index (χ0) is 11.5. The molecule has 0 fully saturated rings. The molecule has 0 aromatic carbocycles. The maximum atomic E-state index is 11.7. The molecule has 0 aliphatic carbocycles. The first-order chi connectivity index (χ1) is 7.77. The van der Waals surface area contributed by atoms with E-state index in [1.165, 1.54) is 0 Å². The van der Waals surface area contributed by atoms with Crippen LogP contribution in [0.2, 0.25) is 0 Å². The van der Waals surface area contributed by atoms with Gasteiger partial charge < -0.3 is 10.1 Å². The maximum absolute atomic E-state index is 11.7. The topological polar surface area (TPSA) is 51.2 Å². The van der Waals surface area contributed by atoms with E-state index >= 15 is 0 Å². The highest BCUT2D eigenvalue weighted by molar-refractivity contribution is 7.16. The molecule has 2 aromatic rings. The molecule has 0 unspecified atom stereocenters. The van der Waals surface area contributed by atoms with Gasteiger partial charge in [0.05, 0.1) is 12.3 Å². The summed E-state index contributed by atoms with van der Waals surface area (Å²) in [5.74, 6) is -0.340. The van der Waals surface area contributed by atoms with E-state index in [1.807, 2.05) is 11.4 Å². The van der Waals surface area contributed by atoms with Gasteiger partial charge in [-0.1, -0.05) is 0 Å². The van der Waals surface area contributed by atoms with Crippen LogP contribution in [0, 0.1) is 0 Å². The number of hydrogen-bond donors (Lipinski definition) is 1. The first-order valence-corrected chi connectivity index (χ1v) is 5.87. The van der Waals surface area contributed by atoms with E-state index in [4.69, 9.17) is 4.74 Å². The molecule has 4 nitrogen and oxygen atoms in total. The van der Waals surface area contributed by atoms with Crippen molar-refractivity contribution in [2.24, 2.45) is 0 Å². The zero-order valence-corrected chi connectivity index (χ0v) is 9.93. The molecule has 1 N–H and O–H groups in total. The van der Waals surface area contributed by atoms with Crippen molar-refractivity contribution in [2.75, 3.05) is 19.0 Å². The Labute approximate surface area is 97.3 Å². The van der Waals surface area contributed by atoms with Crippen LogP contribution in [0.4, 0.5) is 5.69 Å². The predicted octanol–water partition coefficient (Wildman–Crippen LogP) is 2.51. The van der Waals surface area contributed by atoms with Gasteiger partial charge in [-0.3, -0.25) is 0 Å². The SMILES string of the molecule is CCOC(=O)c1cnc2sccc2c1NC. The summed E-state index contributed by atoms with van der Waals surface area (Å²) in [5, 5.41) is 5.94. The first-order valence-electron chi connectivity index (χ1n) is 4.99. The summed E-state index contributed by atoms with van der Waals surface area (Å²) in [6, 6.07) is 1.95. The van der Waals surface area contributed by atoms with Gasteiger partial charge >= 0.3 is 5.97 Å². The van der Waals surface area contributed by atoms with Crippen molar-refractivity contribution < 1.29 is 9.53 Å². The standard InChI is InChI=1S/C11H12N2O2S/c1-3-15-11(14)8-6-13-10-7(4-5-16-10)9(8)12-2/h4-6H,3H2,1-2H3,(H,12,13). The minimum Gasteiger partial charge on any atom is -0.462 e. The van der Waals surface area contributed by atoms with Gasteiger partial charge in [0.2, 0.25) is 0 Å².